The summed E-state index contributed by atoms with van der Waals surface area (Å²) in [6.45, 7) is 6.52. The van der Waals surface area contributed by atoms with Gasteiger partial charge in [0.25, 0.3) is 5.91 Å². The first-order valence-corrected chi connectivity index (χ1v) is 11.3. The number of nitrogens with one attached hydrogen (secondary N) is 1. The van der Waals surface area contributed by atoms with Crippen molar-refractivity contribution in [3.63, 3.8) is 0 Å². The van der Waals surface area contributed by atoms with E-state index in [1.807, 2.05) is 62.0 Å². The first-order valence-electron chi connectivity index (χ1n) is 11.3. The molecule has 6 nitrogen and oxygen atoms in total. The number of H-pyrrole nitrogens is 1. The molecule has 1 amide bonds. The molecule has 1 aromatic heterocycles. The second-order valence-electron chi connectivity index (χ2n) is 8.62. The molecule has 2 aromatic rings. The standard InChI is InChI=1S/C25H35N3O3/c1-6-31-25(30)23-17(2)22(18(3)26-23)16-28(20-12-8-7-9-13-20)24(29)19-11-10-14-21(15-19)27(4)5/h10-11,14-15,20,26H,6-9,12-13,16H2,1-5H3. The van der Waals surface area contributed by atoms with Crippen LogP contribution in [0.3, 0.4) is 0 Å². The van der Waals surface area contributed by atoms with Crippen molar-refractivity contribution < 1.29 is 14.3 Å². The van der Waals surface area contributed by atoms with Gasteiger partial charge in [0.2, 0.25) is 0 Å². The Morgan fingerprint density at radius 2 is 1.84 bits per heavy atom. The number of hydrogen-bond donors (Lipinski definition) is 1. The summed E-state index contributed by atoms with van der Waals surface area (Å²) in [7, 11) is 3.96. The zero-order chi connectivity index (χ0) is 22.5. The van der Waals surface area contributed by atoms with Crippen LogP contribution in [0.1, 0.15) is 76.7 Å². The summed E-state index contributed by atoms with van der Waals surface area (Å²) in [5.74, 6) is -0.295. The van der Waals surface area contributed by atoms with Crippen LogP contribution in [-0.4, -0.2) is 48.5 Å². The predicted molar refractivity (Wildman–Crippen MR) is 124 cm³/mol. The molecule has 1 saturated carbocycles. The third-order valence-corrected chi connectivity index (χ3v) is 6.29. The molecule has 168 valence electrons. The van der Waals surface area contributed by atoms with E-state index in [1.54, 1.807) is 6.92 Å². The van der Waals surface area contributed by atoms with E-state index in [4.69, 9.17) is 4.74 Å². The molecule has 1 aromatic carbocycles. The molecule has 3 rings (SSSR count). The smallest absolute Gasteiger partial charge is 0.355 e. The number of anilines is 1. The molecule has 0 spiro atoms. The van der Waals surface area contributed by atoms with E-state index >= 15 is 0 Å². The summed E-state index contributed by atoms with van der Waals surface area (Å²) in [6, 6.07) is 8.01. The van der Waals surface area contributed by atoms with Crippen molar-refractivity contribution in [2.45, 2.75) is 65.5 Å². The fourth-order valence-corrected chi connectivity index (χ4v) is 4.45. The van der Waals surface area contributed by atoms with Crippen molar-refractivity contribution in [2.24, 2.45) is 0 Å². The molecule has 1 N–H and O–H groups in total. The quantitative estimate of drug-likeness (QED) is 0.644. The van der Waals surface area contributed by atoms with Gasteiger partial charge in [-0.2, -0.15) is 0 Å². The molecule has 6 heteroatoms. The first-order chi connectivity index (χ1) is 14.8. The maximum atomic E-state index is 13.7. The van der Waals surface area contributed by atoms with E-state index in [1.165, 1.54) is 6.42 Å². The summed E-state index contributed by atoms with van der Waals surface area (Å²) in [5.41, 5.74) is 4.98. The van der Waals surface area contributed by atoms with Gasteiger partial charge in [0.05, 0.1) is 6.61 Å². The zero-order valence-electron chi connectivity index (χ0n) is 19.5. The highest BCUT2D eigenvalue weighted by atomic mass is 16.5. The van der Waals surface area contributed by atoms with Gasteiger partial charge in [-0.15, -0.1) is 0 Å². The largest absolute Gasteiger partial charge is 0.461 e. The number of benzene rings is 1. The van der Waals surface area contributed by atoms with Crippen LogP contribution < -0.4 is 4.90 Å². The fourth-order valence-electron chi connectivity index (χ4n) is 4.45. The topological polar surface area (TPSA) is 65.6 Å². The van der Waals surface area contributed by atoms with Gasteiger partial charge in [-0.1, -0.05) is 25.3 Å². The SMILES string of the molecule is CCOC(=O)c1[nH]c(C)c(CN(C(=O)c2cccc(N(C)C)c2)C2CCCCC2)c1C. The Morgan fingerprint density at radius 3 is 2.48 bits per heavy atom. The van der Waals surface area contributed by atoms with Crippen molar-refractivity contribution in [3.05, 3.63) is 52.3 Å². The third kappa shape index (κ3) is 5.12. The highest BCUT2D eigenvalue weighted by Gasteiger charge is 2.29. The molecular weight excluding hydrogens is 390 g/mol. The van der Waals surface area contributed by atoms with Gasteiger partial charge in [0, 0.05) is 43.6 Å². The van der Waals surface area contributed by atoms with E-state index in [0.717, 1.165) is 48.2 Å². The lowest BCUT2D eigenvalue weighted by molar-refractivity contribution is 0.0519. The summed E-state index contributed by atoms with van der Waals surface area (Å²) in [4.78, 5) is 33.2. The minimum atomic E-state index is -0.344. The fraction of sp³-hybridized carbons (Fsp3) is 0.520. The monoisotopic (exact) mass is 425 g/mol. The van der Waals surface area contributed by atoms with Gasteiger partial charge in [0.15, 0.2) is 0 Å². The molecule has 0 radical (unpaired) electrons. The molecule has 0 atom stereocenters. The van der Waals surface area contributed by atoms with E-state index in [2.05, 4.69) is 4.98 Å². The number of hydrogen-bond acceptors (Lipinski definition) is 4. The molecule has 0 bridgehead atoms. The van der Waals surface area contributed by atoms with E-state index in [-0.39, 0.29) is 17.9 Å². The van der Waals surface area contributed by atoms with Crippen LogP contribution in [0.25, 0.3) is 0 Å². The lowest BCUT2D eigenvalue weighted by atomic mass is 9.93. The molecule has 1 aliphatic carbocycles. The number of aryl methyl sites for hydroxylation is 1. The van der Waals surface area contributed by atoms with Crippen LogP contribution in [-0.2, 0) is 11.3 Å². The van der Waals surface area contributed by atoms with Crippen LogP contribution in [0.5, 0.6) is 0 Å². The van der Waals surface area contributed by atoms with Crippen LogP contribution in [0.2, 0.25) is 0 Å². The number of ether oxygens (including phenoxy) is 1. The van der Waals surface area contributed by atoms with Crippen molar-refractivity contribution in [3.8, 4) is 0 Å². The Hall–Kier alpha value is -2.76. The number of rotatable bonds is 7. The number of carbonyl (C=O) groups excluding carboxylic acids is 2. The summed E-state index contributed by atoms with van der Waals surface area (Å²) in [6.07, 6.45) is 5.55. The molecule has 1 aliphatic rings. The Labute approximate surface area is 185 Å². The van der Waals surface area contributed by atoms with Crippen molar-refractivity contribution in [1.29, 1.82) is 0 Å². The summed E-state index contributed by atoms with van der Waals surface area (Å²) >= 11 is 0. The Bertz CT molecular complexity index is 926. The average Bonchev–Trinajstić information content (AvgIpc) is 3.06. The van der Waals surface area contributed by atoms with Crippen molar-refractivity contribution >= 4 is 17.6 Å². The number of nitrogens with zero attached hydrogens (tertiary/aromatic N) is 2. The maximum Gasteiger partial charge on any atom is 0.355 e. The molecule has 1 heterocycles. The van der Waals surface area contributed by atoms with Gasteiger partial charge in [-0.3, -0.25) is 4.79 Å². The zero-order valence-corrected chi connectivity index (χ0v) is 19.5. The van der Waals surface area contributed by atoms with Gasteiger partial charge in [-0.25, -0.2) is 4.79 Å². The van der Waals surface area contributed by atoms with Crippen molar-refractivity contribution in [1.82, 2.24) is 9.88 Å². The second kappa shape index (κ2) is 10.0. The van der Waals surface area contributed by atoms with Gasteiger partial charge < -0.3 is 19.5 Å². The molecular formula is C25H35N3O3. The van der Waals surface area contributed by atoms with E-state index in [9.17, 15) is 9.59 Å². The second-order valence-corrected chi connectivity index (χ2v) is 8.62. The number of esters is 1. The highest BCUT2D eigenvalue weighted by Crippen LogP contribution is 2.29. The highest BCUT2D eigenvalue weighted by molar-refractivity contribution is 5.95. The van der Waals surface area contributed by atoms with Crippen LogP contribution in [0, 0.1) is 13.8 Å². The summed E-state index contributed by atoms with van der Waals surface area (Å²) in [5, 5.41) is 0. The minimum Gasteiger partial charge on any atom is -0.461 e. The van der Waals surface area contributed by atoms with Crippen LogP contribution in [0.4, 0.5) is 5.69 Å². The lowest BCUT2D eigenvalue weighted by Gasteiger charge is -2.35. The predicted octanol–water partition coefficient (Wildman–Crippen LogP) is 4.85. The average molecular weight is 426 g/mol. The molecule has 1 fully saturated rings. The lowest BCUT2D eigenvalue weighted by Crippen LogP contribution is -2.41. The minimum absolute atomic E-state index is 0.0493. The molecule has 0 aliphatic heterocycles. The van der Waals surface area contributed by atoms with Crippen LogP contribution >= 0.6 is 0 Å². The van der Waals surface area contributed by atoms with Gasteiger partial charge in [0.1, 0.15) is 5.69 Å². The number of carbonyl (C=O) groups is 2. The number of aromatic nitrogens is 1. The van der Waals surface area contributed by atoms with E-state index in [0.29, 0.717) is 24.4 Å². The Morgan fingerprint density at radius 1 is 1.13 bits per heavy atom. The first kappa shape index (κ1) is 22.9. The number of aromatic amines is 1. The Kier molecular flexibility index (Phi) is 7.42. The Balaban J connectivity index is 1.95. The normalized spacial score (nSPS) is 14.4. The maximum absolute atomic E-state index is 13.7. The van der Waals surface area contributed by atoms with Crippen molar-refractivity contribution in [2.75, 3.05) is 25.6 Å². The number of amides is 1. The molecule has 0 unspecified atom stereocenters. The molecule has 0 saturated heterocycles. The molecule has 31 heavy (non-hydrogen) atoms. The summed E-state index contributed by atoms with van der Waals surface area (Å²) < 4.78 is 5.20. The van der Waals surface area contributed by atoms with Gasteiger partial charge >= 0.3 is 5.97 Å². The third-order valence-electron chi connectivity index (χ3n) is 6.29. The van der Waals surface area contributed by atoms with Crippen LogP contribution in [0.15, 0.2) is 24.3 Å². The van der Waals surface area contributed by atoms with Gasteiger partial charge in [-0.05, 0) is 62.9 Å². The van der Waals surface area contributed by atoms with E-state index < -0.39 is 0 Å².